The smallest absolute Gasteiger partial charge is 0.308 e. The van der Waals surface area contributed by atoms with E-state index in [0.717, 1.165) is 0 Å². The van der Waals surface area contributed by atoms with Crippen molar-refractivity contribution in [3.63, 3.8) is 0 Å². The van der Waals surface area contributed by atoms with Crippen molar-refractivity contribution in [3.8, 4) is 5.75 Å². The molecule has 2 rings (SSSR count). The van der Waals surface area contributed by atoms with E-state index in [1.807, 2.05) is 20.8 Å². The molecule has 1 fully saturated rings. The molecule has 1 heterocycles. The topological polar surface area (TPSA) is 84.9 Å². The van der Waals surface area contributed by atoms with E-state index in [2.05, 4.69) is 5.32 Å². The molecule has 2 amide bonds. The van der Waals surface area contributed by atoms with E-state index in [4.69, 9.17) is 9.47 Å². The van der Waals surface area contributed by atoms with Crippen LogP contribution in [0.25, 0.3) is 0 Å². The lowest BCUT2D eigenvalue weighted by molar-refractivity contribution is -0.147. The molecule has 7 nitrogen and oxygen atoms in total. The van der Waals surface area contributed by atoms with E-state index in [0.29, 0.717) is 50.0 Å². The predicted octanol–water partition coefficient (Wildman–Crippen LogP) is 2.01. The number of nitrogens with one attached hydrogen (secondary N) is 1. The summed E-state index contributed by atoms with van der Waals surface area (Å²) in [5, 5.41) is 2.71. The number of amides is 2. The van der Waals surface area contributed by atoms with Gasteiger partial charge in [-0.3, -0.25) is 14.4 Å². The first-order chi connectivity index (χ1) is 12.9. The molecule has 0 saturated carbocycles. The van der Waals surface area contributed by atoms with Crippen LogP contribution < -0.4 is 10.1 Å². The highest BCUT2D eigenvalue weighted by molar-refractivity contribution is 6.01. The van der Waals surface area contributed by atoms with Crippen LogP contribution in [0, 0.1) is 5.92 Å². The fraction of sp³-hybridized carbons (Fsp3) is 0.550. The standard InChI is InChI=1S/C20H28N2O5/c1-4-11-26-18(23)12-16-19(24)21-9-10-22(16)20(25)15-7-5-6-8-17(15)27-13-14(2)3/h5-8,14,16H,4,9-13H2,1-3H3,(H,21,24)/t16-/m0/s1. The number of ether oxygens (including phenoxy) is 2. The van der Waals surface area contributed by atoms with Crippen molar-refractivity contribution in [3.05, 3.63) is 29.8 Å². The van der Waals surface area contributed by atoms with Crippen LogP contribution in [0.2, 0.25) is 0 Å². The molecule has 1 atom stereocenters. The Balaban J connectivity index is 2.19. The summed E-state index contributed by atoms with van der Waals surface area (Å²) >= 11 is 0. The van der Waals surface area contributed by atoms with Crippen LogP contribution in [0.4, 0.5) is 0 Å². The average Bonchev–Trinajstić information content (AvgIpc) is 2.66. The molecule has 0 spiro atoms. The van der Waals surface area contributed by atoms with Gasteiger partial charge in [0.15, 0.2) is 0 Å². The van der Waals surface area contributed by atoms with Gasteiger partial charge in [0, 0.05) is 13.1 Å². The van der Waals surface area contributed by atoms with Crippen LogP contribution >= 0.6 is 0 Å². The Kier molecular flexibility index (Phi) is 7.64. The quantitative estimate of drug-likeness (QED) is 0.702. The van der Waals surface area contributed by atoms with Crippen molar-refractivity contribution in [1.82, 2.24) is 10.2 Å². The maximum atomic E-state index is 13.1. The Morgan fingerprint density at radius 1 is 1.30 bits per heavy atom. The summed E-state index contributed by atoms with van der Waals surface area (Å²) in [5.74, 6) is -0.355. The number of hydrogen-bond donors (Lipinski definition) is 1. The van der Waals surface area contributed by atoms with Crippen LogP contribution in [0.1, 0.15) is 44.0 Å². The highest BCUT2D eigenvalue weighted by Crippen LogP contribution is 2.23. The maximum Gasteiger partial charge on any atom is 0.308 e. The second-order valence-corrected chi connectivity index (χ2v) is 6.93. The molecule has 0 aromatic heterocycles. The zero-order valence-electron chi connectivity index (χ0n) is 16.2. The van der Waals surface area contributed by atoms with Gasteiger partial charge in [0.1, 0.15) is 11.8 Å². The third kappa shape index (κ3) is 5.70. The fourth-order valence-corrected chi connectivity index (χ4v) is 2.77. The van der Waals surface area contributed by atoms with Gasteiger partial charge in [-0.25, -0.2) is 0 Å². The summed E-state index contributed by atoms with van der Waals surface area (Å²) < 4.78 is 10.9. The van der Waals surface area contributed by atoms with E-state index < -0.39 is 12.0 Å². The Labute approximate surface area is 160 Å². The molecule has 0 radical (unpaired) electrons. The minimum absolute atomic E-state index is 0.160. The minimum atomic E-state index is -0.881. The second-order valence-electron chi connectivity index (χ2n) is 6.93. The molecule has 1 aliphatic rings. The van der Waals surface area contributed by atoms with Gasteiger partial charge in [-0.1, -0.05) is 32.9 Å². The normalized spacial score (nSPS) is 16.8. The SMILES string of the molecule is CCCOC(=O)C[C@H]1C(=O)NCCN1C(=O)c1ccccc1OCC(C)C. The molecular formula is C20H28N2O5. The van der Waals surface area contributed by atoms with Crippen molar-refractivity contribution < 1.29 is 23.9 Å². The molecule has 148 valence electrons. The molecule has 0 bridgehead atoms. The summed E-state index contributed by atoms with van der Waals surface area (Å²) in [4.78, 5) is 38.9. The highest BCUT2D eigenvalue weighted by Gasteiger charge is 2.36. The molecule has 0 unspecified atom stereocenters. The van der Waals surface area contributed by atoms with Crippen molar-refractivity contribution in [2.45, 2.75) is 39.7 Å². The largest absolute Gasteiger partial charge is 0.492 e. The van der Waals surface area contributed by atoms with Gasteiger partial charge in [0.05, 0.1) is 25.2 Å². The van der Waals surface area contributed by atoms with Crippen molar-refractivity contribution >= 4 is 17.8 Å². The zero-order valence-corrected chi connectivity index (χ0v) is 16.2. The molecule has 1 aromatic rings. The third-order valence-corrected chi connectivity index (χ3v) is 4.11. The lowest BCUT2D eigenvalue weighted by atomic mass is 10.1. The lowest BCUT2D eigenvalue weighted by Crippen LogP contribution is -2.57. The molecule has 7 heteroatoms. The van der Waals surface area contributed by atoms with Crippen LogP contribution in [-0.4, -0.2) is 55.0 Å². The average molecular weight is 376 g/mol. The Hall–Kier alpha value is -2.57. The molecule has 1 saturated heterocycles. The third-order valence-electron chi connectivity index (χ3n) is 4.11. The van der Waals surface area contributed by atoms with Gasteiger partial charge in [-0.2, -0.15) is 0 Å². The van der Waals surface area contributed by atoms with Gasteiger partial charge in [0.2, 0.25) is 5.91 Å². The fourth-order valence-electron chi connectivity index (χ4n) is 2.77. The lowest BCUT2D eigenvalue weighted by Gasteiger charge is -2.34. The van der Waals surface area contributed by atoms with Gasteiger partial charge in [0.25, 0.3) is 5.91 Å². The first-order valence-corrected chi connectivity index (χ1v) is 9.40. The molecule has 1 aliphatic heterocycles. The molecule has 1 aromatic carbocycles. The Bertz CT molecular complexity index is 674. The number of hydrogen-bond acceptors (Lipinski definition) is 5. The van der Waals surface area contributed by atoms with Crippen molar-refractivity contribution in [1.29, 1.82) is 0 Å². The summed E-state index contributed by atoms with van der Waals surface area (Å²) in [6.07, 6.45) is 0.540. The summed E-state index contributed by atoms with van der Waals surface area (Å²) in [6, 6.07) is 6.09. The van der Waals surface area contributed by atoms with Gasteiger partial charge >= 0.3 is 5.97 Å². The van der Waals surface area contributed by atoms with Crippen molar-refractivity contribution in [2.24, 2.45) is 5.92 Å². The number of piperazine rings is 1. The van der Waals surface area contributed by atoms with E-state index in [-0.39, 0.29) is 18.2 Å². The number of carbonyl (C=O) groups excluding carboxylic acids is 3. The summed E-state index contributed by atoms with van der Waals surface area (Å²) in [5.41, 5.74) is 0.389. The monoisotopic (exact) mass is 376 g/mol. The number of rotatable bonds is 8. The number of benzene rings is 1. The number of nitrogens with zero attached hydrogens (tertiary/aromatic N) is 1. The molecule has 0 aliphatic carbocycles. The molecule has 1 N–H and O–H groups in total. The zero-order chi connectivity index (χ0) is 19.8. The maximum absolute atomic E-state index is 13.1. The number of esters is 1. The van der Waals surface area contributed by atoms with E-state index in [1.54, 1.807) is 24.3 Å². The van der Waals surface area contributed by atoms with Crippen LogP contribution in [0.3, 0.4) is 0 Å². The minimum Gasteiger partial charge on any atom is -0.492 e. The number of carbonyl (C=O) groups is 3. The first-order valence-electron chi connectivity index (χ1n) is 9.40. The van der Waals surface area contributed by atoms with Crippen LogP contribution in [0.5, 0.6) is 5.75 Å². The van der Waals surface area contributed by atoms with E-state index in [9.17, 15) is 14.4 Å². The molecule has 27 heavy (non-hydrogen) atoms. The summed E-state index contributed by atoms with van der Waals surface area (Å²) in [7, 11) is 0. The van der Waals surface area contributed by atoms with Crippen molar-refractivity contribution in [2.75, 3.05) is 26.3 Å². The number of para-hydroxylation sites is 1. The van der Waals surface area contributed by atoms with Gasteiger partial charge in [-0.15, -0.1) is 0 Å². The Morgan fingerprint density at radius 3 is 2.74 bits per heavy atom. The van der Waals surface area contributed by atoms with Gasteiger partial charge < -0.3 is 19.7 Å². The van der Waals surface area contributed by atoms with Crippen LogP contribution in [0.15, 0.2) is 24.3 Å². The Morgan fingerprint density at radius 2 is 2.04 bits per heavy atom. The predicted molar refractivity (Wildman–Crippen MR) is 100 cm³/mol. The van der Waals surface area contributed by atoms with Crippen LogP contribution in [-0.2, 0) is 14.3 Å². The molecular weight excluding hydrogens is 348 g/mol. The van der Waals surface area contributed by atoms with E-state index in [1.165, 1.54) is 4.90 Å². The van der Waals surface area contributed by atoms with E-state index >= 15 is 0 Å². The first kappa shape index (κ1) is 20.7. The van der Waals surface area contributed by atoms with Gasteiger partial charge in [-0.05, 0) is 24.5 Å². The second kappa shape index (κ2) is 9.94. The highest BCUT2D eigenvalue weighted by atomic mass is 16.5. The summed E-state index contributed by atoms with van der Waals surface area (Å²) in [6.45, 7) is 7.40.